The first-order chi connectivity index (χ1) is 26.3. The minimum absolute atomic E-state index is 0.0480. The van der Waals surface area contributed by atoms with Crippen LogP contribution in [0.5, 0.6) is 0 Å². The minimum atomic E-state index is -0.844. The summed E-state index contributed by atoms with van der Waals surface area (Å²) < 4.78 is 13.6. The number of benzene rings is 4. The molecule has 2 saturated heterocycles. The first-order valence-electron chi connectivity index (χ1n) is 18.9. The SMILES string of the molecule is O=CC1(CNC(Cc2ccc(Cl)cc2)C(=O)N2CCC3(CC2)C(=O)N(CCNCCc2cccc(F)c2)CN3c2ccccc2)Cc2ccccc2CN1. The lowest BCUT2D eigenvalue weighted by Crippen LogP contribution is -2.62. The predicted octanol–water partition coefficient (Wildman–Crippen LogP) is 4.76. The van der Waals surface area contributed by atoms with E-state index in [0.717, 1.165) is 28.7 Å². The zero-order valence-electron chi connectivity index (χ0n) is 30.5. The Kier molecular flexibility index (Phi) is 11.7. The van der Waals surface area contributed by atoms with Gasteiger partial charge >= 0.3 is 0 Å². The molecule has 11 heteroatoms. The van der Waals surface area contributed by atoms with Gasteiger partial charge in [-0.1, -0.05) is 78.3 Å². The molecule has 3 aliphatic rings. The number of carbonyl (C=O) groups excluding carboxylic acids is 3. The summed E-state index contributed by atoms with van der Waals surface area (Å²) in [7, 11) is 0. The largest absolute Gasteiger partial charge is 0.341 e. The quantitative estimate of drug-likeness (QED) is 0.126. The number of rotatable bonds is 14. The average molecular weight is 751 g/mol. The number of likely N-dealkylation sites (tertiary alicyclic amines) is 1. The van der Waals surface area contributed by atoms with Crippen molar-refractivity contribution < 1.29 is 18.8 Å². The Balaban J connectivity index is 1.03. The smallest absolute Gasteiger partial charge is 0.250 e. The highest BCUT2D eigenvalue weighted by Gasteiger charge is 2.54. The van der Waals surface area contributed by atoms with Crippen LogP contribution in [0.25, 0.3) is 0 Å². The lowest BCUT2D eigenvalue weighted by molar-refractivity contribution is -0.139. The molecule has 0 aromatic heterocycles. The number of para-hydroxylation sites is 1. The maximum atomic E-state index is 14.4. The summed E-state index contributed by atoms with van der Waals surface area (Å²) in [6.45, 7) is 4.02. The van der Waals surface area contributed by atoms with Crippen molar-refractivity contribution in [3.8, 4) is 0 Å². The third-order valence-corrected chi connectivity index (χ3v) is 11.6. The fourth-order valence-corrected chi connectivity index (χ4v) is 8.31. The molecule has 7 rings (SSSR count). The fourth-order valence-electron chi connectivity index (χ4n) is 8.19. The molecule has 2 amide bonds. The molecule has 1 spiro atoms. The number of hydrogen-bond donors (Lipinski definition) is 3. The second-order valence-corrected chi connectivity index (χ2v) is 15.2. The Morgan fingerprint density at radius 1 is 0.907 bits per heavy atom. The van der Waals surface area contributed by atoms with Crippen LogP contribution >= 0.6 is 11.6 Å². The van der Waals surface area contributed by atoms with Crippen molar-refractivity contribution in [2.75, 3.05) is 50.8 Å². The van der Waals surface area contributed by atoms with Gasteiger partial charge in [0.25, 0.3) is 0 Å². The molecule has 2 unspecified atom stereocenters. The van der Waals surface area contributed by atoms with E-state index in [-0.39, 0.29) is 24.2 Å². The van der Waals surface area contributed by atoms with Gasteiger partial charge in [-0.15, -0.1) is 0 Å². The summed E-state index contributed by atoms with van der Waals surface area (Å²) in [5.41, 5.74) is 3.57. The molecule has 3 N–H and O–H groups in total. The van der Waals surface area contributed by atoms with Crippen molar-refractivity contribution in [1.82, 2.24) is 25.8 Å². The number of anilines is 1. The van der Waals surface area contributed by atoms with E-state index in [1.807, 2.05) is 82.6 Å². The van der Waals surface area contributed by atoms with Gasteiger partial charge in [0.1, 0.15) is 17.6 Å². The highest BCUT2D eigenvalue weighted by molar-refractivity contribution is 6.30. The van der Waals surface area contributed by atoms with E-state index >= 15 is 0 Å². The topological polar surface area (TPSA) is 97.0 Å². The predicted molar refractivity (Wildman–Crippen MR) is 210 cm³/mol. The summed E-state index contributed by atoms with van der Waals surface area (Å²) in [4.78, 5) is 47.4. The number of carbonyl (C=O) groups is 3. The first-order valence-corrected chi connectivity index (χ1v) is 19.3. The molecule has 4 aromatic carbocycles. The van der Waals surface area contributed by atoms with Crippen LogP contribution in [0, 0.1) is 5.82 Å². The van der Waals surface area contributed by atoms with Gasteiger partial charge in [0.15, 0.2) is 0 Å². The zero-order chi connectivity index (χ0) is 37.5. The van der Waals surface area contributed by atoms with E-state index in [9.17, 15) is 18.8 Å². The van der Waals surface area contributed by atoms with E-state index in [2.05, 4.69) is 33.0 Å². The van der Waals surface area contributed by atoms with Gasteiger partial charge in [0.05, 0.1) is 18.2 Å². The third kappa shape index (κ3) is 8.37. The molecule has 282 valence electrons. The van der Waals surface area contributed by atoms with Crippen molar-refractivity contribution >= 4 is 35.4 Å². The Morgan fingerprint density at radius 3 is 2.39 bits per heavy atom. The summed E-state index contributed by atoms with van der Waals surface area (Å²) in [6.07, 6.45) is 3.63. The standard InChI is InChI=1S/C43H48ClFN6O3/c44-36-15-13-33(14-16-36)26-39(47-29-42(30-52)27-34-8-4-5-9-35(34)28-48-42)40(53)49-22-18-43(19-23-49)41(54)50(31-51(43)38-11-2-1-3-12-38)24-21-46-20-17-32-7-6-10-37(45)25-32/h1-16,25,30,39,46-48H,17-24,26-29,31H2. The molecule has 0 radical (unpaired) electrons. The highest BCUT2D eigenvalue weighted by atomic mass is 35.5. The van der Waals surface area contributed by atoms with E-state index < -0.39 is 17.1 Å². The van der Waals surface area contributed by atoms with Gasteiger partial charge < -0.3 is 30.1 Å². The monoisotopic (exact) mass is 750 g/mol. The maximum absolute atomic E-state index is 14.4. The number of nitrogens with one attached hydrogen (secondary N) is 3. The summed E-state index contributed by atoms with van der Waals surface area (Å²) in [5, 5.41) is 11.0. The Bertz CT molecular complexity index is 1920. The Morgan fingerprint density at radius 2 is 1.65 bits per heavy atom. The van der Waals surface area contributed by atoms with Gasteiger partial charge in [-0.2, -0.15) is 0 Å². The van der Waals surface area contributed by atoms with Crippen molar-refractivity contribution in [2.24, 2.45) is 0 Å². The van der Waals surface area contributed by atoms with Gasteiger partial charge in [-0.25, -0.2) is 4.39 Å². The summed E-state index contributed by atoms with van der Waals surface area (Å²) >= 11 is 6.19. The second-order valence-electron chi connectivity index (χ2n) is 14.8. The highest BCUT2D eigenvalue weighted by Crippen LogP contribution is 2.39. The Hall–Kier alpha value is -4.61. The molecular weight excluding hydrogens is 703 g/mol. The van der Waals surface area contributed by atoms with Crippen LogP contribution in [0.15, 0.2) is 103 Å². The maximum Gasteiger partial charge on any atom is 0.250 e. The molecule has 2 atom stereocenters. The molecule has 0 aliphatic carbocycles. The number of halogens is 2. The van der Waals surface area contributed by atoms with E-state index in [1.165, 1.54) is 11.6 Å². The second kappa shape index (κ2) is 16.8. The van der Waals surface area contributed by atoms with Crippen molar-refractivity contribution in [3.63, 3.8) is 0 Å². The van der Waals surface area contributed by atoms with E-state index in [4.69, 9.17) is 11.6 Å². The van der Waals surface area contributed by atoms with Crippen LogP contribution in [-0.2, 0) is 40.2 Å². The van der Waals surface area contributed by atoms with Gasteiger partial charge in [0, 0.05) is 50.0 Å². The van der Waals surface area contributed by atoms with E-state index in [0.29, 0.717) is 83.1 Å². The lowest BCUT2D eigenvalue weighted by Gasteiger charge is -2.44. The lowest BCUT2D eigenvalue weighted by atomic mass is 9.84. The fraction of sp³-hybridized carbons (Fsp3) is 0.372. The molecule has 54 heavy (non-hydrogen) atoms. The summed E-state index contributed by atoms with van der Waals surface area (Å²) in [5.74, 6) is -0.206. The molecular formula is C43H48ClFN6O3. The number of aldehydes is 1. The summed E-state index contributed by atoms with van der Waals surface area (Å²) in [6, 6.07) is 31.7. The first kappa shape index (κ1) is 37.7. The number of hydrogen-bond acceptors (Lipinski definition) is 7. The van der Waals surface area contributed by atoms with Crippen LogP contribution < -0.4 is 20.9 Å². The Labute approximate surface area is 321 Å². The van der Waals surface area contributed by atoms with Crippen LogP contribution in [0.4, 0.5) is 10.1 Å². The molecule has 3 aliphatic heterocycles. The van der Waals surface area contributed by atoms with Gasteiger partial charge in [-0.3, -0.25) is 14.9 Å². The van der Waals surface area contributed by atoms with Crippen molar-refractivity contribution in [3.05, 3.63) is 136 Å². The van der Waals surface area contributed by atoms with Crippen molar-refractivity contribution in [2.45, 2.75) is 55.8 Å². The number of fused-ring (bicyclic) bond motifs is 1. The van der Waals surface area contributed by atoms with Gasteiger partial charge in [-0.05, 0) is 97.3 Å². The molecule has 0 saturated carbocycles. The number of nitrogens with zero attached hydrogens (tertiary/aromatic N) is 3. The van der Waals surface area contributed by atoms with E-state index in [1.54, 1.807) is 12.1 Å². The third-order valence-electron chi connectivity index (χ3n) is 11.3. The van der Waals surface area contributed by atoms with Crippen LogP contribution in [0.2, 0.25) is 5.02 Å². The van der Waals surface area contributed by atoms with Crippen LogP contribution in [-0.4, -0.2) is 91.0 Å². The van der Waals surface area contributed by atoms with Gasteiger partial charge in [0.2, 0.25) is 11.8 Å². The molecule has 0 bridgehead atoms. The van der Waals surface area contributed by atoms with Crippen LogP contribution in [0.3, 0.4) is 0 Å². The number of amides is 2. The van der Waals surface area contributed by atoms with Crippen molar-refractivity contribution in [1.29, 1.82) is 0 Å². The molecule has 4 aromatic rings. The zero-order valence-corrected chi connectivity index (χ0v) is 31.2. The average Bonchev–Trinajstić information content (AvgIpc) is 3.46. The minimum Gasteiger partial charge on any atom is -0.341 e. The molecule has 3 heterocycles. The number of piperidine rings is 1. The normalized spacial score (nSPS) is 19.9. The molecule has 2 fully saturated rings. The van der Waals surface area contributed by atoms with Crippen LogP contribution in [0.1, 0.15) is 35.1 Å². The molecule has 9 nitrogen and oxygen atoms in total.